The van der Waals surface area contributed by atoms with Crippen LogP contribution in [0.15, 0.2) is 24.5 Å². The lowest BCUT2D eigenvalue weighted by atomic mass is 10.1. The Morgan fingerprint density at radius 1 is 1.48 bits per heavy atom. The summed E-state index contributed by atoms with van der Waals surface area (Å²) in [7, 11) is 1.66. The van der Waals surface area contributed by atoms with E-state index in [1.54, 1.807) is 36.5 Å². The van der Waals surface area contributed by atoms with Crippen LogP contribution in [0.3, 0.4) is 0 Å². The quantitative estimate of drug-likeness (QED) is 0.878. The van der Waals surface area contributed by atoms with E-state index in [0.29, 0.717) is 18.7 Å². The van der Waals surface area contributed by atoms with Gasteiger partial charge in [-0.1, -0.05) is 0 Å². The number of nitrogens with one attached hydrogen (secondary N) is 2. The second kappa shape index (κ2) is 6.78. The van der Waals surface area contributed by atoms with E-state index in [1.165, 1.54) is 0 Å². The molecule has 3 rings (SSSR count). The third-order valence-corrected chi connectivity index (χ3v) is 4.15. The third-order valence-electron chi connectivity index (χ3n) is 4.15. The molecule has 2 aromatic rings. The summed E-state index contributed by atoms with van der Waals surface area (Å²) in [5.41, 5.74) is 2.10. The summed E-state index contributed by atoms with van der Waals surface area (Å²) < 4.78 is 5.31. The second-order valence-electron chi connectivity index (χ2n) is 5.66. The number of imidazole rings is 1. The number of aromatic amines is 1. The third kappa shape index (κ3) is 3.50. The zero-order valence-corrected chi connectivity index (χ0v) is 13.0. The molecule has 2 heterocycles. The SMILES string of the molecule is CO[C@@H]1CCCN(C(=O)CNC(=O)c2ccc3nc[nH]c3c2)C1. The van der Waals surface area contributed by atoms with Crippen LogP contribution in [0.5, 0.6) is 0 Å². The number of hydrogen-bond donors (Lipinski definition) is 2. The van der Waals surface area contributed by atoms with Gasteiger partial charge in [0.05, 0.1) is 30.0 Å². The maximum absolute atomic E-state index is 12.2. The molecule has 0 radical (unpaired) electrons. The molecular weight excluding hydrogens is 296 g/mol. The normalized spacial score (nSPS) is 18.1. The molecule has 1 atom stereocenters. The number of carbonyl (C=O) groups is 2. The fraction of sp³-hybridized carbons (Fsp3) is 0.438. The van der Waals surface area contributed by atoms with Gasteiger partial charge in [0.15, 0.2) is 0 Å². The van der Waals surface area contributed by atoms with E-state index in [1.807, 2.05) is 0 Å². The first kappa shape index (κ1) is 15.5. The van der Waals surface area contributed by atoms with Gasteiger partial charge in [0.1, 0.15) is 0 Å². The summed E-state index contributed by atoms with van der Waals surface area (Å²) in [4.78, 5) is 33.2. The average molecular weight is 316 g/mol. The standard InChI is InChI=1S/C16H20N4O3/c1-23-12-3-2-6-20(9-12)15(21)8-17-16(22)11-4-5-13-14(7-11)19-10-18-13/h4-5,7,10,12H,2-3,6,8-9H2,1H3,(H,17,22)(H,18,19)/t12-/m1/s1. The van der Waals surface area contributed by atoms with E-state index in [9.17, 15) is 9.59 Å². The minimum atomic E-state index is -0.268. The molecule has 7 nitrogen and oxygen atoms in total. The molecule has 2 amide bonds. The number of hydrogen-bond acceptors (Lipinski definition) is 4. The number of aromatic nitrogens is 2. The summed E-state index contributed by atoms with van der Waals surface area (Å²) in [5.74, 6) is -0.349. The van der Waals surface area contributed by atoms with Gasteiger partial charge in [0.2, 0.25) is 5.91 Å². The number of likely N-dealkylation sites (tertiary alicyclic amines) is 1. The monoisotopic (exact) mass is 316 g/mol. The van der Waals surface area contributed by atoms with Gasteiger partial charge in [-0.15, -0.1) is 0 Å². The summed E-state index contributed by atoms with van der Waals surface area (Å²) >= 11 is 0. The minimum absolute atomic E-state index is 0.00369. The number of ether oxygens (including phenoxy) is 1. The summed E-state index contributed by atoms with van der Waals surface area (Å²) in [5, 5.41) is 2.68. The van der Waals surface area contributed by atoms with Crippen LogP contribution in [0.1, 0.15) is 23.2 Å². The first-order valence-electron chi connectivity index (χ1n) is 7.69. The number of rotatable bonds is 4. The number of benzene rings is 1. The van der Waals surface area contributed by atoms with Crippen molar-refractivity contribution in [1.29, 1.82) is 0 Å². The Morgan fingerprint density at radius 2 is 2.35 bits per heavy atom. The van der Waals surface area contributed by atoms with E-state index < -0.39 is 0 Å². The Kier molecular flexibility index (Phi) is 4.57. The number of fused-ring (bicyclic) bond motifs is 1. The van der Waals surface area contributed by atoms with Crippen LogP contribution < -0.4 is 5.32 Å². The van der Waals surface area contributed by atoms with Gasteiger partial charge < -0.3 is 19.9 Å². The molecule has 0 spiro atoms. The van der Waals surface area contributed by atoms with Crippen LogP contribution in [-0.4, -0.2) is 59.5 Å². The van der Waals surface area contributed by atoms with E-state index in [0.717, 1.165) is 23.9 Å². The van der Waals surface area contributed by atoms with E-state index in [4.69, 9.17) is 4.74 Å². The number of H-pyrrole nitrogens is 1. The summed E-state index contributed by atoms with van der Waals surface area (Å²) in [6, 6.07) is 5.20. The molecular formula is C16H20N4O3. The molecule has 1 aliphatic rings. The van der Waals surface area contributed by atoms with E-state index >= 15 is 0 Å². The van der Waals surface area contributed by atoms with Gasteiger partial charge >= 0.3 is 0 Å². The van der Waals surface area contributed by atoms with Gasteiger partial charge in [0.25, 0.3) is 5.91 Å². The molecule has 0 aliphatic carbocycles. The van der Waals surface area contributed by atoms with Crippen molar-refractivity contribution in [2.24, 2.45) is 0 Å². The Balaban J connectivity index is 1.56. The molecule has 23 heavy (non-hydrogen) atoms. The molecule has 122 valence electrons. The Labute approximate surface area is 134 Å². The van der Waals surface area contributed by atoms with Gasteiger partial charge in [-0.05, 0) is 31.0 Å². The molecule has 1 aromatic heterocycles. The zero-order chi connectivity index (χ0) is 16.2. The molecule has 1 aliphatic heterocycles. The fourth-order valence-corrected chi connectivity index (χ4v) is 2.80. The van der Waals surface area contributed by atoms with Crippen LogP contribution in [0.2, 0.25) is 0 Å². The zero-order valence-electron chi connectivity index (χ0n) is 13.0. The molecule has 1 saturated heterocycles. The van der Waals surface area contributed by atoms with Crippen molar-refractivity contribution < 1.29 is 14.3 Å². The highest BCUT2D eigenvalue weighted by atomic mass is 16.5. The molecule has 1 aromatic carbocycles. The largest absolute Gasteiger partial charge is 0.380 e. The van der Waals surface area contributed by atoms with Crippen molar-refractivity contribution in [3.63, 3.8) is 0 Å². The summed E-state index contributed by atoms with van der Waals surface area (Å²) in [6.07, 6.45) is 3.57. The number of piperidine rings is 1. The maximum Gasteiger partial charge on any atom is 0.251 e. The lowest BCUT2D eigenvalue weighted by Crippen LogP contribution is -2.47. The molecule has 1 fully saturated rings. The van der Waals surface area contributed by atoms with Gasteiger partial charge in [0, 0.05) is 25.8 Å². The van der Waals surface area contributed by atoms with Crippen molar-refractivity contribution >= 4 is 22.8 Å². The average Bonchev–Trinajstić information content (AvgIpc) is 3.07. The van der Waals surface area contributed by atoms with Crippen molar-refractivity contribution in [2.45, 2.75) is 18.9 Å². The van der Waals surface area contributed by atoms with E-state index in [-0.39, 0.29) is 24.5 Å². The lowest BCUT2D eigenvalue weighted by molar-refractivity contribution is -0.133. The first-order valence-corrected chi connectivity index (χ1v) is 7.69. The molecule has 7 heteroatoms. The fourth-order valence-electron chi connectivity index (χ4n) is 2.80. The highest BCUT2D eigenvalue weighted by Gasteiger charge is 2.23. The van der Waals surface area contributed by atoms with Crippen LogP contribution >= 0.6 is 0 Å². The molecule has 0 unspecified atom stereocenters. The number of methoxy groups -OCH3 is 1. The Bertz CT molecular complexity index is 712. The van der Waals surface area contributed by atoms with Crippen LogP contribution in [0.25, 0.3) is 11.0 Å². The summed E-state index contributed by atoms with van der Waals surface area (Å²) in [6.45, 7) is 1.30. The van der Waals surface area contributed by atoms with Gasteiger partial charge in [-0.3, -0.25) is 9.59 Å². The van der Waals surface area contributed by atoms with Crippen LogP contribution in [-0.2, 0) is 9.53 Å². The molecule has 0 saturated carbocycles. The number of amides is 2. The van der Waals surface area contributed by atoms with E-state index in [2.05, 4.69) is 15.3 Å². The lowest BCUT2D eigenvalue weighted by Gasteiger charge is -2.32. The highest BCUT2D eigenvalue weighted by molar-refractivity contribution is 5.98. The number of carbonyl (C=O) groups excluding carboxylic acids is 2. The Morgan fingerprint density at radius 3 is 3.17 bits per heavy atom. The van der Waals surface area contributed by atoms with Crippen molar-refractivity contribution in [2.75, 3.05) is 26.7 Å². The van der Waals surface area contributed by atoms with Crippen molar-refractivity contribution in [3.05, 3.63) is 30.1 Å². The van der Waals surface area contributed by atoms with Gasteiger partial charge in [-0.25, -0.2) is 4.98 Å². The van der Waals surface area contributed by atoms with Crippen molar-refractivity contribution in [3.8, 4) is 0 Å². The molecule has 2 N–H and O–H groups in total. The second-order valence-corrected chi connectivity index (χ2v) is 5.66. The van der Waals surface area contributed by atoms with Crippen molar-refractivity contribution in [1.82, 2.24) is 20.2 Å². The smallest absolute Gasteiger partial charge is 0.251 e. The predicted molar refractivity (Wildman–Crippen MR) is 85.0 cm³/mol. The van der Waals surface area contributed by atoms with Crippen LogP contribution in [0.4, 0.5) is 0 Å². The first-order chi connectivity index (χ1) is 11.2. The maximum atomic E-state index is 12.2. The highest BCUT2D eigenvalue weighted by Crippen LogP contribution is 2.13. The topological polar surface area (TPSA) is 87.3 Å². The predicted octanol–water partition coefficient (Wildman–Crippen LogP) is 0.930. The van der Waals surface area contributed by atoms with Gasteiger partial charge in [-0.2, -0.15) is 0 Å². The minimum Gasteiger partial charge on any atom is -0.380 e. The molecule has 0 bridgehead atoms. The Hall–Kier alpha value is -2.41. The van der Waals surface area contributed by atoms with Crippen LogP contribution in [0, 0.1) is 0 Å². The number of nitrogens with zero attached hydrogens (tertiary/aromatic N) is 2.